The molecule has 1 aromatic rings. The van der Waals surface area contributed by atoms with Crippen LogP contribution < -0.4 is 4.74 Å². The lowest BCUT2D eigenvalue weighted by atomic mass is 10.3. The van der Waals surface area contributed by atoms with Crippen molar-refractivity contribution in [3.63, 3.8) is 0 Å². The molecule has 1 unspecified atom stereocenters. The Morgan fingerprint density at radius 1 is 1.43 bits per heavy atom. The zero-order chi connectivity index (χ0) is 10.6. The zero-order valence-corrected chi connectivity index (χ0v) is 8.11. The van der Waals surface area contributed by atoms with Crippen LogP contribution in [0.15, 0.2) is 18.2 Å². The lowest BCUT2D eigenvalue weighted by Crippen LogP contribution is -2.21. The standard InChI is InChI=1S/C9H11ClO4/c10-6-1-2-9(8(13)3-6)14-5-7(12)4-11/h1-3,7,11-13H,4-5H2. The molecule has 0 aliphatic carbocycles. The Hall–Kier alpha value is -0.970. The Balaban J connectivity index is 2.59. The molecule has 0 aliphatic rings. The Morgan fingerprint density at radius 2 is 2.14 bits per heavy atom. The molecule has 1 rings (SSSR count). The molecule has 0 radical (unpaired) electrons. The van der Waals surface area contributed by atoms with Gasteiger partial charge in [-0.25, -0.2) is 0 Å². The van der Waals surface area contributed by atoms with Crippen LogP contribution in [0.2, 0.25) is 5.02 Å². The van der Waals surface area contributed by atoms with Crippen molar-refractivity contribution in [1.29, 1.82) is 0 Å². The Morgan fingerprint density at radius 3 is 2.71 bits per heavy atom. The lowest BCUT2D eigenvalue weighted by molar-refractivity contribution is 0.0527. The number of halogens is 1. The molecule has 0 fully saturated rings. The Bertz CT molecular complexity index is 303. The first kappa shape index (κ1) is 11.1. The van der Waals surface area contributed by atoms with Crippen molar-refractivity contribution in [3.05, 3.63) is 23.2 Å². The van der Waals surface area contributed by atoms with E-state index in [4.69, 9.17) is 26.6 Å². The van der Waals surface area contributed by atoms with Gasteiger partial charge in [-0.1, -0.05) is 11.6 Å². The van der Waals surface area contributed by atoms with E-state index in [1.807, 2.05) is 0 Å². The van der Waals surface area contributed by atoms with Crippen molar-refractivity contribution in [1.82, 2.24) is 0 Å². The molecular weight excluding hydrogens is 208 g/mol. The minimum absolute atomic E-state index is 0.0777. The fourth-order valence-electron chi connectivity index (χ4n) is 0.851. The molecule has 14 heavy (non-hydrogen) atoms. The summed E-state index contributed by atoms with van der Waals surface area (Å²) in [6.07, 6.45) is -0.954. The van der Waals surface area contributed by atoms with Crippen LogP contribution in [0.3, 0.4) is 0 Å². The van der Waals surface area contributed by atoms with E-state index in [2.05, 4.69) is 0 Å². The van der Waals surface area contributed by atoms with Gasteiger partial charge >= 0.3 is 0 Å². The van der Waals surface area contributed by atoms with E-state index in [1.54, 1.807) is 6.07 Å². The van der Waals surface area contributed by atoms with Crippen molar-refractivity contribution in [3.8, 4) is 11.5 Å². The highest BCUT2D eigenvalue weighted by molar-refractivity contribution is 6.30. The normalized spacial score (nSPS) is 12.5. The molecule has 0 amide bonds. The van der Waals surface area contributed by atoms with Crippen LogP contribution in [0.1, 0.15) is 0 Å². The smallest absolute Gasteiger partial charge is 0.161 e. The SMILES string of the molecule is OCC(O)COc1ccc(Cl)cc1O. The van der Waals surface area contributed by atoms with Crippen molar-refractivity contribution in [2.75, 3.05) is 13.2 Å². The third-order valence-corrected chi connectivity index (χ3v) is 1.80. The lowest BCUT2D eigenvalue weighted by Gasteiger charge is -2.10. The maximum atomic E-state index is 9.32. The predicted octanol–water partition coefficient (Wildman–Crippen LogP) is 0.778. The van der Waals surface area contributed by atoms with E-state index >= 15 is 0 Å². The number of aliphatic hydroxyl groups is 2. The second-order valence-corrected chi connectivity index (χ2v) is 3.20. The first-order chi connectivity index (χ1) is 6.63. The minimum atomic E-state index is -0.954. The second-order valence-electron chi connectivity index (χ2n) is 2.76. The predicted molar refractivity (Wildman–Crippen MR) is 51.7 cm³/mol. The average molecular weight is 219 g/mol. The molecule has 0 bridgehead atoms. The summed E-state index contributed by atoms with van der Waals surface area (Å²) in [5.74, 6) is 0.129. The fraction of sp³-hybridized carbons (Fsp3) is 0.333. The largest absolute Gasteiger partial charge is 0.504 e. The highest BCUT2D eigenvalue weighted by atomic mass is 35.5. The Labute approximate surface area is 86.3 Å². The number of aromatic hydroxyl groups is 1. The number of rotatable bonds is 4. The number of phenolic OH excluding ortho intramolecular Hbond substituents is 1. The number of hydrogen-bond donors (Lipinski definition) is 3. The monoisotopic (exact) mass is 218 g/mol. The summed E-state index contributed by atoms with van der Waals surface area (Å²) in [6.45, 7) is -0.458. The molecule has 1 atom stereocenters. The van der Waals surface area contributed by atoms with E-state index in [0.717, 1.165) is 0 Å². The zero-order valence-electron chi connectivity index (χ0n) is 7.35. The van der Waals surface area contributed by atoms with Crippen LogP contribution >= 0.6 is 11.6 Å². The van der Waals surface area contributed by atoms with Crippen LogP contribution in [0.5, 0.6) is 11.5 Å². The number of ether oxygens (including phenoxy) is 1. The summed E-state index contributed by atoms with van der Waals surface area (Å²) in [5.41, 5.74) is 0. The van der Waals surface area contributed by atoms with Crippen molar-refractivity contribution in [2.45, 2.75) is 6.10 Å². The van der Waals surface area contributed by atoms with Crippen LogP contribution in [-0.4, -0.2) is 34.6 Å². The molecule has 0 heterocycles. The first-order valence-corrected chi connectivity index (χ1v) is 4.41. The summed E-state index contributed by atoms with van der Waals surface area (Å²) in [7, 11) is 0. The third kappa shape index (κ3) is 3.06. The quantitative estimate of drug-likeness (QED) is 0.699. The summed E-state index contributed by atoms with van der Waals surface area (Å²) in [4.78, 5) is 0. The van der Waals surface area contributed by atoms with Crippen molar-refractivity contribution < 1.29 is 20.1 Å². The topological polar surface area (TPSA) is 69.9 Å². The van der Waals surface area contributed by atoms with Crippen LogP contribution in [0, 0.1) is 0 Å². The molecule has 78 valence electrons. The highest BCUT2D eigenvalue weighted by Gasteiger charge is 2.06. The number of benzene rings is 1. The summed E-state index contributed by atoms with van der Waals surface area (Å²) < 4.78 is 5.03. The van der Waals surface area contributed by atoms with Crippen LogP contribution in [-0.2, 0) is 0 Å². The molecule has 0 saturated carbocycles. The minimum Gasteiger partial charge on any atom is -0.504 e. The summed E-state index contributed by atoms with van der Waals surface area (Å²) >= 11 is 5.60. The van der Waals surface area contributed by atoms with Gasteiger partial charge in [0.15, 0.2) is 11.5 Å². The number of phenols is 1. The van der Waals surface area contributed by atoms with Gasteiger partial charge in [-0.05, 0) is 12.1 Å². The third-order valence-electron chi connectivity index (χ3n) is 1.56. The molecule has 0 aliphatic heterocycles. The maximum absolute atomic E-state index is 9.32. The van der Waals surface area contributed by atoms with Gasteiger partial charge < -0.3 is 20.1 Å². The van der Waals surface area contributed by atoms with Crippen LogP contribution in [0.4, 0.5) is 0 Å². The molecular formula is C9H11ClO4. The van der Waals surface area contributed by atoms with E-state index < -0.39 is 6.10 Å². The molecule has 0 spiro atoms. The van der Waals surface area contributed by atoms with Crippen molar-refractivity contribution in [2.24, 2.45) is 0 Å². The molecule has 5 heteroatoms. The Kier molecular flexibility index (Phi) is 4.00. The maximum Gasteiger partial charge on any atom is 0.161 e. The van der Waals surface area contributed by atoms with Gasteiger partial charge in [0, 0.05) is 11.1 Å². The highest BCUT2D eigenvalue weighted by Crippen LogP contribution is 2.28. The van der Waals surface area contributed by atoms with Gasteiger partial charge in [0.25, 0.3) is 0 Å². The van der Waals surface area contributed by atoms with E-state index in [9.17, 15) is 5.11 Å². The van der Waals surface area contributed by atoms with Crippen LogP contribution in [0.25, 0.3) is 0 Å². The molecule has 0 saturated heterocycles. The fourth-order valence-corrected chi connectivity index (χ4v) is 1.02. The number of aliphatic hydroxyl groups excluding tert-OH is 2. The summed E-state index contributed by atoms with van der Waals surface area (Å²) in [5, 5.41) is 27.2. The van der Waals surface area contributed by atoms with E-state index in [1.165, 1.54) is 12.1 Å². The average Bonchev–Trinajstić information content (AvgIpc) is 2.16. The van der Waals surface area contributed by atoms with Gasteiger partial charge in [0.05, 0.1) is 6.61 Å². The van der Waals surface area contributed by atoms with Gasteiger partial charge in [0.1, 0.15) is 12.7 Å². The van der Waals surface area contributed by atoms with Crippen molar-refractivity contribution >= 4 is 11.6 Å². The first-order valence-electron chi connectivity index (χ1n) is 4.03. The molecule has 4 nitrogen and oxygen atoms in total. The van der Waals surface area contributed by atoms with E-state index in [0.29, 0.717) is 5.02 Å². The number of hydrogen-bond acceptors (Lipinski definition) is 4. The van der Waals surface area contributed by atoms with Gasteiger partial charge in [-0.2, -0.15) is 0 Å². The summed E-state index contributed by atoms with van der Waals surface area (Å²) in [6, 6.07) is 4.38. The van der Waals surface area contributed by atoms with Gasteiger partial charge in [0.2, 0.25) is 0 Å². The molecule has 0 aromatic heterocycles. The molecule has 3 N–H and O–H groups in total. The van der Waals surface area contributed by atoms with Gasteiger partial charge in [-0.3, -0.25) is 0 Å². The van der Waals surface area contributed by atoms with Gasteiger partial charge in [-0.15, -0.1) is 0 Å². The van der Waals surface area contributed by atoms with E-state index in [-0.39, 0.29) is 24.7 Å². The molecule has 1 aromatic carbocycles. The second kappa shape index (κ2) is 5.05.